The number of carbonyl (C=O) groups is 1. The first kappa shape index (κ1) is 14.8. The van der Waals surface area contributed by atoms with E-state index in [1.165, 1.54) is 11.3 Å². The monoisotopic (exact) mass is 340 g/mol. The van der Waals surface area contributed by atoms with Crippen molar-refractivity contribution < 1.29 is 9.53 Å². The summed E-state index contributed by atoms with van der Waals surface area (Å²) in [7, 11) is 1.59. The highest BCUT2D eigenvalue weighted by Gasteiger charge is 2.26. The molecule has 0 saturated carbocycles. The SMILES string of the molecule is COc1cc(C(=O)N2CC[C@@H](N)C2)sc1Br.Cl. The molecule has 1 fully saturated rings. The Hall–Kier alpha value is -0.300. The molecule has 2 rings (SSSR count). The summed E-state index contributed by atoms with van der Waals surface area (Å²) in [4.78, 5) is 14.6. The maximum absolute atomic E-state index is 12.1. The number of ether oxygens (including phenoxy) is 1. The number of hydrogen-bond donors (Lipinski definition) is 1. The molecule has 0 unspecified atom stereocenters. The van der Waals surface area contributed by atoms with Gasteiger partial charge in [0.2, 0.25) is 0 Å². The normalized spacial score (nSPS) is 19.0. The van der Waals surface area contributed by atoms with E-state index in [2.05, 4.69) is 15.9 Å². The Morgan fingerprint density at radius 1 is 1.71 bits per heavy atom. The summed E-state index contributed by atoms with van der Waals surface area (Å²) in [5, 5.41) is 0. The molecule has 4 nitrogen and oxygen atoms in total. The van der Waals surface area contributed by atoms with Gasteiger partial charge in [-0.25, -0.2) is 0 Å². The lowest BCUT2D eigenvalue weighted by atomic mass is 10.3. The predicted molar refractivity (Wildman–Crippen MR) is 74.3 cm³/mol. The number of nitrogens with zero attached hydrogens (tertiary/aromatic N) is 1. The number of likely N-dealkylation sites (tertiary alicyclic amines) is 1. The third-order valence-electron chi connectivity index (χ3n) is 2.60. The fourth-order valence-electron chi connectivity index (χ4n) is 1.72. The average Bonchev–Trinajstić information content (AvgIpc) is 2.83. The molecule has 17 heavy (non-hydrogen) atoms. The largest absolute Gasteiger partial charge is 0.495 e. The van der Waals surface area contributed by atoms with Gasteiger partial charge >= 0.3 is 0 Å². The Morgan fingerprint density at radius 3 is 2.88 bits per heavy atom. The second-order valence-electron chi connectivity index (χ2n) is 3.75. The van der Waals surface area contributed by atoms with Crippen molar-refractivity contribution in [2.24, 2.45) is 5.73 Å². The first-order valence-corrected chi connectivity index (χ1v) is 6.61. The van der Waals surface area contributed by atoms with Gasteiger partial charge in [0.25, 0.3) is 5.91 Å². The number of nitrogens with two attached hydrogens (primary N) is 1. The van der Waals surface area contributed by atoms with Crippen molar-refractivity contribution in [2.75, 3.05) is 20.2 Å². The van der Waals surface area contributed by atoms with Gasteiger partial charge in [-0.2, -0.15) is 0 Å². The fourth-order valence-corrected chi connectivity index (χ4v) is 3.34. The van der Waals surface area contributed by atoms with Gasteiger partial charge in [0.05, 0.1) is 12.0 Å². The number of thiophene rings is 1. The Bertz CT molecular complexity index is 413. The van der Waals surface area contributed by atoms with Gasteiger partial charge < -0.3 is 15.4 Å². The van der Waals surface area contributed by atoms with Crippen molar-refractivity contribution >= 4 is 45.6 Å². The summed E-state index contributed by atoms with van der Waals surface area (Å²) in [5.41, 5.74) is 5.78. The van der Waals surface area contributed by atoms with Crippen LogP contribution in [-0.4, -0.2) is 37.0 Å². The van der Waals surface area contributed by atoms with Crippen LogP contribution in [0, 0.1) is 0 Å². The van der Waals surface area contributed by atoms with Crippen LogP contribution in [0.2, 0.25) is 0 Å². The van der Waals surface area contributed by atoms with E-state index in [1.54, 1.807) is 18.1 Å². The average molecular weight is 342 g/mol. The molecule has 0 aliphatic carbocycles. The van der Waals surface area contributed by atoms with E-state index in [1.807, 2.05) is 0 Å². The Kier molecular flexibility index (Phi) is 5.24. The van der Waals surface area contributed by atoms with Crippen molar-refractivity contribution in [1.29, 1.82) is 0 Å². The van der Waals surface area contributed by atoms with Crippen molar-refractivity contribution in [3.05, 3.63) is 14.7 Å². The van der Waals surface area contributed by atoms with E-state index >= 15 is 0 Å². The molecule has 2 N–H and O–H groups in total. The van der Waals surface area contributed by atoms with Crippen LogP contribution >= 0.6 is 39.7 Å². The molecule has 1 aliphatic heterocycles. The van der Waals surface area contributed by atoms with Gasteiger partial charge in [0.1, 0.15) is 9.54 Å². The molecule has 7 heteroatoms. The van der Waals surface area contributed by atoms with Crippen LogP contribution < -0.4 is 10.5 Å². The van der Waals surface area contributed by atoms with Crippen LogP contribution in [0.25, 0.3) is 0 Å². The standard InChI is InChI=1S/C10H13BrN2O2S.ClH/c1-15-7-4-8(16-9(7)11)10(14)13-3-2-6(12)5-13;/h4,6H,2-3,5,12H2,1H3;1H/t6-;/m1./s1. The minimum atomic E-state index is 0. The molecule has 1 aliphatic rings. The van der Waals surface area contributed by atoms with Crippen molar-refractivity contribution in [1.82, 2.24) is 4.90 Å². The van der Waals surface area contributed by atoms with Gasteiger partial charge in [-0.05, 0) is 22.4 Å². The van der Waals surface area contributed by atoms with Gasteiger partial charge in [-0.3, -0.25) is 4.79 Å². The number of halogens is 2. The molecule has 2 heterocycles. The second kappa shape index (κ2) is 6.04. The van der Waals surface area contributed by atoms with E-state index in [0.717, 1.165) is 16.8 Å². The maximum Gasteiger partial charge on any atom is 0.264 e. The highest BCUT2D eigenvalue weighted by Crippen LogP contribution is 2.35. The van der Waals surface area contributed by atoms with Gasteiger partial charge in [0, 0.05) is 25.2 Å². The lowest BCUT2D eigenvalue weighted by Crippen LogP contribution is -2.31. The molecule has 96 valence electrons. The third-order valence-corrected chi connectivity index (χ3v) is 4.37. The maximum atomic E-state index is 12.1. The number of methoxy groups -OCH3 is 1. The first-order valence-electron chi connectivity index (χ1n) is 5.00. The first-order chi connectivity index (χ1) is 7.61. The predicted octanol–water partition coefficient (Wildman–Crippen LogP) is 2.11. The van der Waals surface area contributed by atoms with Crippen LogP contribution in [0.3, 0.4) is 0 Å². The van der Waals surface area contributed by atoms with Gasteiger partial charge in [0.15, 0.2) is 0 Å². The zero-order valence-corrected chi connectivity index (χ0v) is 12.5. The smallest absolute Gasteiger partial charge is 0.264 e. The molecular weight excluding hydrogens is 328 g/mol. The van der Waals surface area contributed by atoms with Crippen molar-refractivity contribution in [2.45, 2.75) is 12.5 Å². The zero-order valence-electron chi connectivity index (χ0n) is 9.31. The summed E-state index contributed by atoms with van der Waals surface area (Å²) in [5.74, 6) is 0.749. The Labute approximate surface area is 119 Å². The third kappa shape index (κ3) is 3.13. The van der Waals surface area contributed by atoms with Crippen LogP contribution in [-0.2, 0) is 0 Å². The summed E-state index contributed by atoms with van der Waals surface area (Å²) >= 11 is 4.76. The zero-order chi connectivity index (χ0) is 11.7. The molecule has 0 bridgehead atoms. The number of amides is 1. The minimum Gasteiger partial charge on any atom is -0.495 e. The van der Waals surface area contributed by atoms with E-state index in [4.69, 9.17) is 10.5 Å². The molecule has 1 saturated heterocycles. The van der Waals surface area contributed by atoms with Crippen LogP contribution in [0.5, 0.6) is 5.75 Å². The van der Waals surface area contributed by atoms with Gasteiger partial charge in [-0.1, -0.05) is 0 Å². The van der Waals surface area contributed by atoms with E-state index in [9.17, 15) is 4.79 Å². The summed E-state index contributed by atoms with van der Waals surface area (Å²) in [6.07, 6.45) is 0.884. The minimum absolute atomic E-state index is 0. The molecule has 1 amide bonds. The molecule has 1 aromatic heterocycles. The summed E-state index contributed by atoms with van der Waals surface area (Å²) in [6.45, 7) is 1.40. The van der Waals surface area contributed by atoms with E-state index in [0.29, 0.717) is 17.2 Å². The highest BCUT2D eigenvalue weighted by molar-refractivity contribution is 9.11. The topological polar surface area (TPSA) is 55.6 Å². The molecular formula is C10H14BrClN2O2S. The molecule has 0 radical (unpaired) electrons. The Balaban J connectivity index is 0.00000144. The fraction of sp³-hybridized carbons (Fsp3) is 0.500. The number of carbonyl (C=O) groups excluding carboxylic acids is 1. The highest BCUT2D eigenvalue weighted by atomic mass is 79.9. The molecule has 0 spiro atoms. The van der Waals surface area contributed by atoms with Crippen molar-refractivity contribution in [3.63, 3.8) is 0 Å². The van der Waals surface area contributed by atoms with Crippen LogP contribution in [0.15, 0.2) is 9.85 Å². The lowest BCUT2D eigenvalue weighted by molar-refractivity contribution is 0.0795. The molecule has 1 atom stereocenters. The summed E-state index contributed by atoms with van der Waals surface area (Å²) < 4.78 is 5.98. The van der Waals surface area contributed by atoms with E-state index in [-0.39, 0.29) is 24.4 Å². The second-order valence-corrected chi connectivity index (χ2v) is 6.12. The van der Waals surface area contributed by atoms with Crippen LogP contribution in [0.4, 0.5) is 0 Å². The van der Waals surface area contributed by atoms with Crippen LogP contribution in [0.1, 0.15) is 16.1 Å². The van der Waals surface area contributed by atoms with Gasteiger partial charge in [-0.15, -0.1) is 23.7 Å². The molecule has 0 aromatic carbocycles. The summed E-state index contributed by atoms with van der Waals surface area (Å²) in [6, 6.07) is 1.88. The Morgan fingerprint density at radius 2 is 2.41 bits per heavy atom. The number of hydrogen-bond acceptors (Lipinski definition) is 4. The molecule has 1 aromatic rings. The van der Waals surface area contributed by atoms with E-state index < -0.39 is 0 Å². The quantitative estimate of drug-likeness (QED) is 0.896. The number of rotatable bonds is 2. The van der Waals surface area contributed by atoms with Crippen molar-refractivity contribution in [3.8, 4) is 5.75 Å². The lowest BCUT2D eigenvalue weighted by Gasteiger charge is -2.13.